The number of carbonyl (C=O) groups excluding carboxylic acids is 2. The summed E-state index contributed by atoms with van der Waals surface area (Å²) in [5, 5.41) is 2.97. The maximum absolute atomic E-state index is 12.4. The Morgan fingerprint density at radius 2 is 2.29 bits per heavy atom. The highest BCUT2D eigenvalue weighted by Gasteiger charge is 2.34. The molecular formula is C18H21N3O3. The molecule has 1 saturated heterocycles. The van der Waals surface area contributed by atoms with Crippen LogP contribution in [0.25, 0.3) is 0 Å². The molecule has 0 aromatic carbocycles. The van der Waals surface area contributed by atoms with Crippen molar-refractivity contribution >= 4 is 11.8 Å². The van der Waals surface area contributed by atoms with Crippen LogP contribution in [0.3, 0.4) is 0 Å². The Kier molecular flexibility index (Phi) is 4.93. The summed E-state index contributed by atoms with van der Waals surface area (Å²) in [6, 6.07) is 9.29. The SMILES string of the molecule is C[C@@H](Cc1ccco1)NC(=O)[C@H]1CC(=O)N(Cc2ccccn2)C1. The summed E-state index contributed by atoms with van der Waals surface area (Å²) in [7, 11) is 0. The molecule has 0 unspecified atom stereocenters. The second-order valence-corrected chi connectivity index (χ2v) is 6.19. The Morgan fingerprint density at radius 1 is 1.42 bits per heavy atom. The van der Waals surface area contributed by atoms with E-state index in [1.807, 2.05) is 37.3 Å². The van der Waals surface area contributed by atoms with Crippen LogP contribution in [0.1, 0.15) is 24.8 Å². The monoisotopic (exact) mass is 327 g/mol. The zero-order valence-corrected chi connectivity index (χ0v) is 13.6. The van der Waals surface area contributed by atoms with Crippen LogP contribution in [0.2, 0.25) is 0 Å². The van der Waals surface area contributed by atoms with Gasteiger partial charge >= 0.3 is 0 Å². The molecule has 1 aliphatic rings. The summed E-state index contributed by atoms with van der Waals surface area (Å²) >= 11 is 0. The second kappa shape index (κ2) is 7.29. The summed E-state index contributed by atoms with van der Waals surface area (Å²) < 4.78 is 5.29. The number of rotatable bonds is 6. The van der Waals surface area contributed by atoms with Crippen LogP contribution < -0.4 is 5.32 Å². The summed E-state index contributed by atoms with van der Waals surface area (Å²) in [5.41, 5.74) is 0.832. The molecule has 1 fully saturated rings. The first-order chi connectivity index (χ1) is 11.6. The summed E-state index contributed by atoms with van der Waals surface area (Å²) in [6.45, 7) is 2.82. The topological polar surface area (TPSA) is 75.4 Å². The number of aromatic nitrogens is 1. The zero-order chi connectivity index (χ0) is 16.9. The van der Waals surface area contributed by atoms with Gasteiger partial charge in [-0.2, -0.15) is 0 Å². The normalized spacial score (nSPS) is 18.6. The fraction of sp³-hybridized carbons (Fsp3) is 0.389. The molecule has 0 saturated carbocycles. The van der Waals surface area contributed by atoms with E-state index >= 15 is 0 Å². The molecule has 0 spiro atoms. The van der Waals surface area contributed by atoms with E-state index in [2.05, 4.69) is 10.3 Å². The summed E-state index contributed by atoms with van der Waals surface area (Å²) in [5.74, 6) is 0.452. The van der Waals surface area contributed by atoms with Gasteiger partial charge in [-0.1, -0.05) is 6.07 Å². The van der Waals surface area contributed by atoms with Crippen molar-refractivity contribution in [2.24, 2.45) is 5.92 Å². The minimum atomic E-state index is -0.305. The molecule has 2 atom stereocenters. The van der Waals surface area contributed by atoms with Gasteiger partial charge in [0.05, 0.1) is 24.4 Å². The summed E-state index contributed by atoms with van der Waals surface area (Å²) in [4.78, 5) is 30.5. The van der Waals surface area contributed by atoms with Gasteiger partial charge in [0.1, 0.15) is 5.76 Å². The maximum atomic E-state index is 12.4. The van der Waals surface area contributed by atoms with Crippen molar-refractivity contribution in [2.75, 3.05) is 6.54 Å². The van der Waals surface area contributed by atoms with Gasteiger partial charge in [0.15, 0.2) is 0 Å². The number of amides is 2. The van der Waals surface area contributed by atoms with Crippen molar-refractivity contribution in [1.82, 2.24) is 15.2 Å². The molecule has 0 bridgehead atoms. The Labute approximate surface area is 140 Å². The highest BCUT2D eigenvalue weighted by Crippen LogP contribution is 2.20. The average Bonchev–Trinajstić information content (AvgIpc) is 3.19. The molecule has 1 N–H and O–H groups in total. The number of pyridine rings is 1. The number of carbonyl (C=O) groups is 2. The van der Waals surface area contributed by atoms with Gasteiger partial charge in [-0.15, -0.1) is 0 Å². The largest absolute Gasteiger partial charge is 0.469 e. The lowest BCUT2D eigenvalue weighted by Crippen LogP contribution is -2.39. The summed E-state index contributed by atoms with van der Waals surface area (Å²) in [6.07, 6.45) is 4.22. The van der Waals surface area contributed by atoms with E-state index in [1.165, 1.54) is 0 Å². The average molecular weight is 327 g/mol. The number of nitrogens with zero attached hydrogens (tertiary/aromatic N) is 2. The molecule has 3 heterocycles. The molecule has 126 valence electrons. The Bertz CT molecular complexity index is 685. The van der Waals surface area contributed by atoms with Crippen molar-refractivity contribution in [2.45, 2.75) is 32.4 Å². The molecule has 6 heteroatoms. The van der Waals surface area contributed by atoms with Gasteiger partial charge in [-0.3, -0.25) is 14.6 Å². The third-order valence-electron chi connectivity index (χ3n) is 4.14. The predicted molar refractivity (Wildman–Crippen MR) is 87.8 cm³/mol. The van der Waals surface area contributed by atoms with Crippen molar-refractivity contribution < 1.29 is 14.0 Å². The molecule has 0 aliphatic carbocycles. The zero-order valence-electron chi connectivity index (χ0n) is 13.6. The van der Waals surface area contributed by atoms with Crippen molar-refractivity contribution in [3.63, 3.8) is 0 Å². The molecule has 24 heavy (non-hydrogen) atoms. The van der Waals surface area contributed by atoms with Gasteiger partial charge in [0, 0.05) is 31.6 Å². The van der Waals surface area contributed by atoms with Gasteiger partial charge in [0.25, 0.3) is 0 Å². The van der Waals surface area contributed by atoms with Gasteiger partial charge in [-0.05, 0) is 31.2 Å². The van der Waals surface area contributed by atoms with E-state index in [9.17, 15) is 9.59 Å². The van der Waals surface area contributed by atoms with Crippen LogP contribution in [0.15, 0.2) is 47.2 Å². The molecule has 6 nitrogen and oxygen atoms in total. The molecule has 2 aromatic heterocycles. The van der Waals surface area contributed by atoms with Crippen LogP contribution in [0.4, 0.5) is 0 Å². The van der Waals surface area contributed by atoms with Gasteiger partial charge in [0.2, 0.25) is 11.8 Å². The molecule has 2 aromatic rings. The standard InChI is InChI=1S/C18H21N3O3/c1-13(9-16-6-4-8-24-16)20-18(23)14-10-17(22)21(11-14)12-15-5-2-3-7-19-15/h2-8,13-14H,9-12H2,1H3,(H,20,23)/t13-,14-/m0/s1. The number of likely N-dealkylation sites (tertiary alicyclic amines) is 1. The Balaban J connectivity index is 1.52. The first-order valence-electron chi connectivity index (χ1n) is 8.12. The fourth-order valence-electron chi connectivity index (χ4n) is 2.93. The maximum Gasteiger partial charge on any atom is 0.225 e. The number of hydrogen-bond donors (Lipinski definition) is 1. The van der Waals surface area contributed by atoms with E-state index in [0.29, 0.717) is 19.5 Å². The molecular weight excluding hydrogens is 306 g/mol. The smallest absolute Gasteiger partial charge is 0.225 e. The van der Waals surface area contributed by atoms with Crippen molar-refractivity contribution in [1.29, 1.82) is 0 Å². The van der Waals surface area contributed by atoms with Crippen LogP contribution in [0, 0.1) is 5.92 Å². The van der Waals surface area contributed by atoms with E-state index in [0.717, 1.165) is 11.5 Å². The first kappa shape index (κ1) is 16.2. The van der Waals surface area contributed by atoms with Crippen molar-refractivity contribution in [3.05, 3.63) is 54.2 Å². The van der Waals surface area contributed by atoms with Crippen LogP contribution >= 0.6 is 0 Å². The Morgan fingerprint density at radius 3 is 3.00 bits per heavy atom. The second-order valence-electron chi connectivity index (χ2n) is 6.19. The van der Waals surface area contributed by atoms with Crippen LogP contribution in [-0.4, -0.2) is 34.3 Å². The van der Waals surface area contributed by atoms with Gasteiger partial charge in [-0.25, -0.2) is 0 Å². The fourth-order valence-corrected chi connectivity index (χ4v) is 2.93. The molecule has 2 amide bonds. The van der Waals surface area contributed by atoms with E-state index in [1.54, 1.807) is 17.4 Å². The van der Waals surface area contributed by atoms with E-state index < -0.39 is 0 Å². The van der Waals surface area contributed by atoms with Crippen LogP contribution in [0.5, 0.6) is 0 Å². The van der Waals surface area contributed by atoms with E-state index in [4.69, 9.17) is 4.42 Å². The highest BCUT2D eigenvalue weighted by molar-refractivity contribution is 5.89. The minimum absolute atomic E-state index is 0.000472. The molecule has 1 aliphatic heterocycles. The van der Waals surface area contributed by atoms with Crippen molar-refractivity contribution in [3.8, 4) is 0 Å². The van der Waals surface area contributed by atoms with E-state index in [-0.39, 0.29) is 30.2 Å². The Hall–Kier alpha value is -2.63. The third-order valence-corrected chi connectivity index (χ3v) is 4.14. The highest BCUT2D eigenvalue weighted by atomic mass is 16.3. The lowest BCUT2D eigenvalue weighted by atomic mass is 10.1. The quantitative estimate of drug-likeness (QED) is 0.877. The third kappa shape index (κ3) is 4.01. The molecule has 0 radical (unpaired) electrons. The number of nitrogens with one attached hydrogen (secondary N) is 1. The van der Waals surface area contributed by atoms with Crippen LogP contribution in [-0.2, 0) is 22.6 Å². The minimum Gasteiger partial charge on any atom is -0.469 e. The van der Waals surface area contributed by atoms with Gasteiger partial charge < -0.3 is 14.6 Å². The number of furan rings is 1. The molecule has 3 rings (SSSR count). The predicted octanol–water partition coefficient (Wildman–Crippen LogP) is 1.77. The lowest BCUT2D eigenvalue weighted by Gasteiger charge is -2.18. The first-order valence-corrected chi connectivity index (χ1v) is 8.12. The number of hydrogen-bond acceptors (Lipinski definition) is 4. The lowest BCUT2D eigenvalue weighted by molar-refractivity contribution is -0.129.